The van der Waals surface area contributed by atoms with E-state index in [0.717, 1.165) is 11.1 Å². The van der Waals surface area contributed by atoms with Crippen molar-refractivity contribution in [3.63, 3.8) is 0 Å². The maximum atomic E-state index is 14.6. The molecule has 5 aromatic carbocycles. The second-order valence-electron chi connectivity index (χ2n) is 17.2. The molecule has 5 aromatic rings. The molecule has 8 rings (SSSR count). The van der Waals surface area contributed by atoms with Gasteiger partial charge in [0, 0.05) is 43.0 Å². The minimum atomic E-state index is -4.85. The summed E-state index contributed by atoms with van der Waals surface area (Å²) in [5.41, 5.74) is 4.89. The lowest BCUT2D eigenvalue weighted by Crippen LogP contribution is -2.39. The lowest BCUT2D eigenvalue weighted by Gasteiger charge is -2.32. The smallest absolute Gasteiger partial charge is 0.339 e. The van der Waals surface area contributed by atoms with Crippen molar-refractivity contribution in [1.29, 1.82) is 10.5 Å². The highest BCUT2D eigenvalue weighted by atomic mass is 32.2. The number of anilines is 3. The molecule has 0 bridgehead atoms. The second kappa shape index (κ2) is 19.4. The van der Waals surface area contributed by atoms with Crippen LogP contribution >= 0.6 is 0 Å². The lowest BCUT2D eigenvalue weighted by molar-refractivity contribution is -0.139. The van der Waals surface area contributed by atoms with Crippen LogP contribution in [0.2, 0.25) is 0 Å². The number of piperidine rings is 2. The molecule has 2 fully saturated rings. The van der Waals surface area contributed by atoms with Crippen LogP contribution in [0.1, 0.15) is 97.2 Å². The molecule has 0 aliphatic carbocycles. The molecule has 348 valence electrons. The largest absolute Gasteiger partial charge is 0.350 e. The molecule has 68 heavy (non-hydrogen) atoms. The molecule has 2 saturated heterocycles. The van der Waals surface area contributed by atoms with Crippen molar-refractivity contribution in [2.24, 2.45) is 0 Å². The first-order valence-electron chi connectivity index (χ1n) is 22.0. The average molecular weight is 954 g/mol. The zero-order valence-corrected chi connectivity index (χ0v) is 38.9. The first kappa shape index (κ1) is 47.0. The van der Waals surface area contributed by atoms with Crippen LogP contribution in [0.5, 0.6) is 0 Å². The topological polar surface area (TPSA) is 227 Å². The van der Waals surface area contributed by atoms with E-state index in [1.807, 2.05) is 24.3 Å². The SMILES string of the molecule is Cc1ccc(C(=O)N2CCC(c3ccc(C#N)cc3)CC2)cc1NS(=O)(=O)CC(=O)ON(c1cc(C(=O)N2CCC(c3ccc(C#N)cc3)CC2)ccc1C)S(=O)(=O)c1ccc2c(c1)CC(=O)N2. The summed E-state index contributed by atoms with van der Waals surface area (Å²) in [7, 11) is -9.46. The Balaban J connectivity index is 0.992. The number of aryl methyl sites for hydroxylation is 2. The number of nitrogens with one attached hydrogen (secondary N) is 2. The molecule has 3 aliphatic rings. The first-order valence-corrected chi connectivity index (χ1v) is 25.1. The molecular formula is C50H47N7O9S2. The van der Waals surface area contributed by atoms with Crippen molar-refractivity contribution >= 4 is 60.8 Å². The number of hydrogen-bond donors (Lipinski definition) is 2. The predicted molar refractivity (Wildman–Crippen MR) is 252 cm³/mol. The monoisotopic (exact) mass is 953 g/mol. The Morgan fingerprint density at radius 3 is 1.75 bits per heavy atom. The molecule has 0 aromatic heterocycles. The number of amides is 3. The van der Waals surface area contributed by atoms with Crippen molar-refractivity contribution in [3.05, 3.63) is 153 Å². The Kier molecular flexibility index (Phi) is 13.4. The number of benzene rings is 5. The Hall–Kier alpha value is -7.54. The third-order valence-corrected chi connectivity index (χ3v) is 15.4. The molecule has 3 aliphatic heterocycles. The fraction of sp³-hybridized carbons (Fsp3) is 0.280. The number of rotatable bonds is 12. The molecule has 16 nitrogen and oxygen atoms in total. The maximum Gasteiger partial charge on any atom is 0.350 e. The third kappa shape index (κ3) is 10.2. The van der Waals surface area contributed by atoms with Crippen molar-refractivity contribution < 1.29 is 40.9 Å². The van der Waals surface area contributed by atoms with Crippen LogP contribution in [-0.2, 0) is 40.9 Å². The van der Waals surface area contributed by atoms with Gasteiger partial charge >= 0.3 is 5.97 Å². The van der Waals surface area contributed by atoms with Crippen LogP contribution in [0.3, 0.4) is 0 Å². The summed E-state index contributed by atoms with van der Waals surface area (Å²) >= 11 is 0. The minimum Gasteiger partial charge on any atom is -0.339 e. The third-order valence-electron chi connectivity index (χ3n) is 12.7. The molecular weight excluding hydrogens is 907 g/mol. The zero-order valence-electron chi connectivity index (χ0n) is 37.3. The van der Waals surface area contributed by atoms with E-state index in [2.05, 4.69) is 22.2 Å². The Labute approximate surface area is 394 Å². The van der Waals surface area contributed by atoms with Gasteiger partial charge in [-0.15, -0.1) is 0 Å². The summed E-state index contributed by atoms with van der Waals surface area (Å²) in [6.45, 7) is 4.87. The van der Waals surface area contributed by atoms with Gasteiger partial charge < -0.3 is 20.0 Å². The van der Waals surface area contributed by atoms with Crippen LogP contribution in [0.15, 0.2) is 108 Å². The van der Waals surface area contributed by atoms with Gasteiger partial charge in [-0.2, -0.15) is 18.9 Å². The average Bonchev–Trinajstić information content (AvgIpc) is 3.73. The number of carbonyl (C=O) groups excluding carboxylic acids is 4. The Morgan fingerprint density at radius 1 is 0.706 bits per heavy atom. The standard InChI is InChI=1S/C50H47N7O9S2/c1-32-3-9-40(49(60)55-21-17-38(18-22-55)36-11-5-34(29-51)6-12-36)26-45(32)54-67(62,63)31-48(59)66-57(68(64,65)43-15-16-44-42(25-43)28-47(58)53-44)46-27-41(10-4-33(46)2)50(61)56-23-19-39(20-24-56)37-13-7-35(30-52)8-14-37/h3-16,25-27,38-39,54H,17-24,28,31H2,1-2H3,(H,53,58). The predicted octanol–water partition coefficient (Wildman–Crippen LogP) is 6.68. The molecule has 3 amide bonds. The highest BCUT2D eigenvalue weighted by Crippen LogP contribution is 2.35. The van der Waals surface area contributed by atoms with E-state index in [1.54, 1.807) is 60.0 Å². The first-order chi connectivity index (χ1) is 32.5. The van der Waals surface area contributed by atoms with Gasteiger partial charge in [0.1, 0.15) is 0 Å². The summed E-state index contributed by atoms with van der Waals surface area (Å²) in [4.78, 5) is 62.1. The van der Waals surface area contributed by atoms with Gasteiger partial charge in [-0.05, 0) is 146 Å². The Morgan fingerprint density at radius 2 is 1.22 bits per heavy atom. The molecule has 18 heteroatoms. The number of likely N-dealkylation sites (tertiary alicyclic amines) is 2. The highest BCUT2D eigenvalue weighted by Gasteiger charge is 2.35. The fourth-order valence-electron chi connectivity index (χ4n) is 8.83. The maximum absolute atomic E-state index is 14.6. The molecule has 0 atom stereocenters. The van der Waals surface area contributed by atoms with Crippen LogP contribution < -0.4 is 14.5 Å². The van der Waals surface area contributed by atoms with Crippen molar-refractivity contribution in [2.45, 2.75) is 62.7 Å². The zero-order chi connectivity index (χ0) is 48.3. The minimum absolute atomic E-state index is 0.0323. The fourth-order valence-corrected chi connectivity index (χ4v) is 11.2. The van der Waals surface area contributed by atoms with Gasteiger partial charge in [-0.25, -0.2) is 13.2 Å². The number of hydrogen-bond acceptors (Lipinski definition) is 11. The van der Waals surface area contributed by atoms with Gasteiger partial charge in [0.2, 0.25) is 15.9 Å². The van der Waals surface area contributed by atoms with E-state index in [4.69, 9.17) is 10.1 Å². The summed E-state index contributed by atoms with van der Waals surface area (Å²) in [5, 5.41) is 21.0. The van der Waals surface area contributed by atoms with Gasteiger partial charge in [0.15, 0.2) is 5.75 Å². The summed E-state index contributed by atoms with van der Waals surface area (Å²) < 4.78 is 59.2. The van der Waals surface area contributed by atoms with Crippen molar-refractivity contribution in [2.75, 3.05) is 46.4 Å². The number of nitriles is 2. The van der Waals surface area contributed by atoms with Crippen LogP contribution in [0.4, 0.5) is 17.1 Å². The van der Waals surface area contributed by atoms with Gasteiger partial charge in [-0.1, -0.05) is 40.9 Å². The van der Waals surface area contributed by atoms with E-state index in [0.29, 0.717) is 84.3 Å². The van der Waals surface area contributed by atoms with Gasteiger partial charge in [0.25, 0.3) is 21.8 Å². The second-order valence-corrected chi connectivity index (χ2v) is 20.7. The summed E-state index contributed by atoms with van der Waals surface area (Å²) in [6.07, 6.45) is 2.59. The number of nitrogens with zero attached hydrogens (tertiary/aromatic N) is 5. The van der Waals surface area contributed by atoms with E-state index in [9.17, 15) is 41.3 Å². The number of sulfonamides is 2. The van der Waals surface area contributed by atoms with E-state index in [1.165, 1.54) is 42.5 Å². The summed E-state index contributed by atoms with van der Waals surface area (Å²) in [6, 6.07) is 31.7. The Bertz CT molecular complexity index is 3130. The van der Waals surface area contributed by atoms with Crippen LogP contribution in [0, 0.1) is 36.5 Å². The lowest BCUT2D eigenvalue weighted by atomic mass is 9.89. The highest BCUT2D eigenvalue weighted by molar-refractivity contribution is 7.93. The summed E-state index contributed by atoms with van der Waals surface area (Å²) in [5.74, 6) is -3.49. The van der Waals surface area contributed by atoms with E-state index < -0.39 is 37.7 Å². The van der Waals surface area contributed by atoms with Crippen LogP contribution in [0.25, 0.3) is 0 Å². The number of fused-ring (bicyclic) bond motifs is 1. The van der Waals surface area contributed by atoms with Crippen molar-refractivity contribution in [1.82, 2.24) is 9.80 Å². The molecule has 0 unspecified atom stereocenters. The van der Waals surface area contributed by atoms with Gasteiger partial charge in [-0.3, -0.25) is 19.1 Å². The number of carbonyl (C=O) groups is 4. The molecule has 2 N–H and O–H groups in total. The van der Waals surface area contributed by atoms with E-state index >= 15 is 0 Å². The van der Waals surface area contributed by atoms with E-state index in [-0.39, 0.29) is 63.0 Å². The molecule has 0 radical (unpaired) electrons. The van der Waals surface area contributed by atoms with Crippen LogP contribution in [-0.4, -0.2) is 82.3 Å². The quantitative estimate of drug-likeness (QED) is 0.125. The normalized spacial score (nSPS) is 15.4. The molecule has 0 saturated carbocycles. The molecule has 3 heterocycles. The van der Waals surface area contributed by atoms with Crippen molar-refractivity contribution in [3.8, 4) is 12.1 Å². The molecule has 0 spiro atoms. The van der Waals surface area contributed by atoms with Gasteiger partial charge in [0.05, 0.1) is 46.0 Å².